The van der Waals surface area contributed by atoms with Crippen LogP contribution in [0.25, 0.3) is 0 Å². The number of ether oxygens (including phenoxy) is 1. The second-order valence-corrected chi connectivity index (χ2v) is 3.05. The van der Waals surface area contributed by atoms with Gasteiger partial charge in [-0.2, -0.15) is 0 Å². The zero-order valence-corrected chi connectivity index (χ0v) is 11.4. The lowest BCUT2D eigenvalue weighted by molar-refractivity contribution is -0.141. The molecule has 1 aromatic heterocycles. The van der Waals surface area contributed by atoms with E-state index in [1.165, 1.54) is 0 Å². The first-order chi connectivity index (χ1) is 7.33. The Morgan fingerprint density at radius 1 is 1.41 bits per heavy atom. The number of rotatable bonds is 6. The minimum Gasteiger partial charge on any atom is -0.465 e. The largest absolute Gasteiger partial charge is 0.465 e. The van der Waals surface area contributed by atoms with Gasteiger partial charge in [0, 0.05) is 24.9 Å². The highest BCUT2D eigenvalue weighted by atomic mass is 35.5. The van der Waals surface area contributed by atoms with E-state index in [-0.39, 0.29) is 37.3 Å². The molecular weight excluding hydrogens is 263 g/mol. The predicted octanol–water partition coefficient (Wildman–Crippen LogP) is 1.62. The minimum atomic E-state index is -0.210. The van der Waals surface area contributed by atoms with Gasteiger partial charge in [0.15, 0.2) is 0 Å². The zero-order chi connectivity index (χ0) is 10.9. The maximum absolute atomic E-state index is 11.0. The molecule has 0 spiro atoms. The number of nitrogens with zero attached hydrogens (tertiary/aromatic N) is 1. The van der Waals surface area contributed by atoms with Crippen LogP contribution in [0.4, 0.5) is 0 Å². The number of halogens is 2. The van der Waals surface area contributed by atoms with E-state index in [0.29, 0.717) is 6.61 Å². The second kappa shape index (κ2) is 11.6. The van der Waals surface area contributed by atoms with Crippen molar-refractivity contribution in [2.24, 2.45) is 0 Å². The molecule has 17 heavy (non-hydrogen) atoms. The minimum absolute atomic E-state index is 0. The van der Waals surface area contributed by atoms with Crippen molar-refractivity contribution in [3.05, 3.63) is 30.1 Å². The molecule has 1 aromatic rings. The van der Waals surface area contributed by atoms with E-state index >= 15 is 0 Å². The summed E-state index contributed by atoms with van der Waals surface area (Å²) in [6.07, 6.45) is 2.58. The first-order valence-corrected chi connectivity index (χ1v) is 5.09. The van der Waals surface area contributed by atoms with Gasteiger partial charge in [0.2, 0.25) is 0 Å². The van der Waals surface area contributed by atoms with E-state index in [1.807, 2.05) is 18.2 Å². The Morgan fingerprint density at radius 3 is 2.76 bits per heavy atom. The van der Waals surface area contributed by atoms with Crippen molar-refractivity contribution in [1.82, 2.24) is 10.3 Å². The van der Waals surface area contributed by atoms with E-state index in [9.17, 15) is 4.79 Å². The van der Waals surface area contributed by atoms with Crippen LogP contribution in [0.3, 0.4) is 0 Å². The smallest absolute Gasteiger partial charge is 0.319 e. The van der Waals surface area contributed by atoms with E-state index < -0.39 is 0 Å². The molecule has 1 N–H and O–H groups in total. The fourth-order valence-corrected chi connectivity index (χ4v) is 1.16. The third kappa shape index (κ3) is 8.92. The van der Waals surface area contributed by atoms with Crippen molar-refractivity contribution in [1.29, 1.82) is 0 Å². The third-order valence-electron chi connectivity index (χ3n) is 1.86. The van der Waals surface area contributed by atoms with Gasteiger partial charge in [0.1, 0.15) is 0 Å². The van der Waals surface area contributed by atoms with Crippen LogP contribution in [0.15, 0.2) is 24.4 Å². The summed E-state index contributed by atoms with van der Waals surface area (Å²) < 4.78 is 4.78. The van der Waals surface area contributed by atoms with Gasteiger partial charge in [0.05, 0.1) is 13.2 Å². The molecule has 0 aromatic carbocycles. The standard InChI is InChI=1S/C11H16N2O2.2ClH/c1-2-15-11(14)9-12-8-6-10-5-3-4-7-13-10;;/h3-5,7,12H,2,6,8-9H2,1H3;2*1H. The molecule has 1 heterocycles. The molecule has 98 valence electrons. The zero-order valence-electron chi connectivity index (χ0n) is 9.72. The molecule has 0 saturated heterocycles. The Labute approximate surface area is 114 Å². The summed E-state index contributed by atoms with van der Waals surface area (Å²) in [5.74, 6) is -0.210. The molecule has 6 heteroatoms. The molecule has 4 nitrogen and oxygen atoms in total. The van der Waals surface area contributed by atoms with Crippen LogP contribution in [-0.2, 0) is 16.0 Å². The van der Waals surface area contributed by atoms with Gasteiger partial charge in [-0.1, -0.05) is 6.07 Å². The van der Waals surface area contributed by atoms with E-state index in [2.05, 4.69) is 10.3 Å². The van der Waals surface area contributed by atoms with Gasteiger partial charge in [-0.25, -0.2) is 0 Å². The van der Waals surface area contributed by atoms with Gasteiger partial charge in [-0.3, -0.25) is 9.78 Å². The topological polar surface area (TPSA) is 51.2 Å². The third-order valence-corrected chi connectivity index (χ3v) is 1.86. The van der Waals surface area contributed by atoms with Gasteiger partial charge < -0.3 is 10.1 Å². The Morgan fingerprint density at radius 2 is 2.18 bits per heavy atom. The Kier molecular flexibility index (Phi) is 12.7. The number of nitrogens with one attached hydrogen (secondary N) is 1. The van der Waals surface area contributed by atoms with E-state index in [1.54, 1.807) is 13.1 Å². The monoisotopic (exact) mass is 280 g/mol. The maximum atomic E-state index is 11.0. The van der Waals surface area contributed by atoms with Gasteiger partial charge in [-0.05, 0) is 19.1 Å². The summed E-state index contributed by atoms with van der Waals surface area (Å²) in [4.78, 5) is 15.1. The molecule has 0 amide bonds. The quantitative estimate of drug-likeness (QED) is 0.636. The van der Waals surface area contributed by atoms with Crippen LogP contribution in [0, 0.1) is 0 Å². The molecule has 0 atom stereocenters. The molecule has 0 saturated carbocycles. The highest BCUT2D eigenvalue weighted by molar-refractivity contribution is 5.85. The highest BCUT2D eigenvalue weighted by Crippen LogP contribution is 1.92. The Bertz CT molecular complexity index is 297. The highest BCUT2D eigenvalue weighted by Gasteiger charge is 1.99. The lowest BCUT2D eigenvalue weighted by Crippen LogP contribution is -2.26. The van der Waals surface area contributed by atoms with Crippen molar-refractivity contribution in [3.8, 4) is 0 Å². The Hall–Kier alpha value is -0.840. The van der Waals surface area contributed by atoms with Gasteiger partial charge in [0.25, 0.3) is 0 Å². The average Bonchev–Trinajstić information content (AvgIpc) is 2.26. The van der Waals surface area contributed by atoms with Crippen LogP contribution < -0.4 is 5.32 Å². The first kappa shape index (κ1) is 18.5. The number of carbonyl (C=O) groups is 1. The normalized spacial score (nSPS) is 8.76. The molecule has 0 radical (unpaired) electrons. The van der Waals surface area contributed by atoms with Gasteiger partial charge >= 0.3 is 5.97 Å². The van der Waals surface area contributed by atoms with Crippen molar-refractivity contribution >= 4 is 30.8 Å². The van der Waals surface area contributed by atoms with Crippen molar-refractivity contribution in [2.45, 2.75) is 13.3 Å². The van der Waals surface area contributed by atoms with Crippen LogP contribution in [0.1, 0.15) is 12.6 Å². The number of hydrogen-bond donors (Lipinski definition) is 1. The molecule has 0 bridgehead atoms. The van der Waals surface area contributed by atoms with Crippen LogP contribution >= 0.6 is 24.8 Å². The lowest BCUT2D eigenvalue weighted by Gasteiger charge is -2.03. The molecule has 0 fully saturated rings. The number of pyridine rings is 1. The molecule has 0 aliphatic heterocycles. The van der Waals surface area contributed by atoms with Crippen molar-refractivity contribution in [3.63, 3.8) is 0 Å². The maximum Gasteiger partial charge on any atom is 0.319 e. The second-order valence-electron chi connectivity index (χ2n) is 3.05. The molecule has 0 aliphatic rings. The summed E-state index contributed by atoms with van der Waals surface area (Å²) in [6, 6.07) is 5.80. The lowest BCUT2D eigenvalue weighted by atomic mass is 10.3. The summed E-state index contributed by atoms with van der Waals surface area (Å²) >= 11 is 0. The number of aromatic nitrogens is 1. The fraction of sp³-hybridized carbons (Fsp3) is 0.455. The number of hydrogen-bond acceptors (Lipinski definition) is 4. The van der Waals surface area contributed by atoms with Crippen molar-refractivity contribution in [2.75, 3.05) is 19.7 Å². The van der Waals surface area contributed by atoms with Crippen molar-refractivity contribution < 1.29 is 9.53 Å². The summed E-state index contributed by atoms with van der Waals surface area (Å²) in [5, 5.41) is 3.00. The van der Waals surface area contributed by atoms with Crippen LogP contribution in [0.5, 0.6) is 0 Å². The predicted molar refractivity (Wildman–Crippen MR) is 71.9 cm³/mol. The van der Waals surface area contributed by atoms with Gasteiger partial charge in [-0.15, -0.1) is 24.8 Å². The molecule has 0 unspecified atom stereocenters. The van der Waals surface area contributed by atoms with E-state index in [0.717, 1.165) is 18.7 Å². The SMILES string of the molecule is CCOC(=O)CNCCc1ccccn1.Cl.Cl. The summed E-state index contributed by atoms with van der Waals surface area (Å²) in [6.45, 7) is 3.23. The molecule has 1 rings (SSSR count). The molecule has 0 aliphatic carbocycles. The molecular formula is C11H18Cl2N2O2. The summed E-state index contributed by atoms with van der Waals surface area (Å²) in [5.41, 5.74) is 1.02. The fourth-order valence-electron chi connectivity index (χ4n) is 1.16. The van der Waals surface area contributed by atoms with E-state index in [4.69, 9.17) is 4.74 Å². The van der Waals surface area contributed by atoms with Crippen LogP contribution in [-0.4, -0.2) is 30.6 Å². The average molecular weight is 281 g/mol. The summed E-state index contributed by atoms with van der Waals surface area (Å²) in [7, 11) is 0. The number of carbonyl (C=O) groups excluding carboxylic acids is 1. The first-order valence-electron chi connectivity index (χ1n) is 5.09. The Balaban J connectivity index is 0. The van der Waals surface area contributed by atoms with Crippen LogP contribution in [0.2, 0.25) is 0 Å². The number of esters is 1.